The highest BCUT2D eigenvalue weighted by molar-refractivity contribution is 7.15. The Morgan fingerprint density at radius 1 is 1.40 bits per heavy atom. The van der Waals surface area contributed by atoms with Crippen molar-refractivity contribution in [1.29, 1.82) is 5.26 Å². The number of rotatable bonds is 3. The molecule has 1 aromatic heterocycles. The Balaban J connectivity index is 2.25. The summed E-state index contributed by atoms with van der Waals surface area (Å²) < 4.78 is 39.2. The first-order valence-electron chi connectivity index (χ1n) is 5.35. The fourth-order valence-electron chi connectivity index (χ4n) is 1.54. The highest BCUT2D eigenvalue weighted by Crippen LogP contribution is 2.35. The van der Waals surface area contributed by atoms with E-state index in [2.05, 4.69) is 10.3 Å². The molecule has 0 aliphatic carbocycles. The van der Waals surface area contributed by atoms with Gasteiger partial charge in [0.05, 0.1) is 29.9 Å². The lowest BCUT2D eigenvalue weighted by Gasteiger charge is -2.14. The summed E-state index contributed by atoms with van der Waals surface area (Å²) in [6.07, 6.45) is -3.09. The molecule has 3 nitrogen and oxygen atoms in total. The number of nitrogens with zero attached hydrogens (tertiary/aromatic N) is 2. The predicted molar refractivity (Wildman–Crippen MR) is 70.6 cm³/mol. The number of nitriles is 1. The van der Waals surface area contributed by atoms with E-state index in [0.29, 0.717) is 9.34 Å². The van der Waals surface area contributed by atoms with Gasteiger partial charge in [-0.15, -0.1) is 11.3 Å². The topological polar surface area (TPSA) is 48.7 Å². The van der Waals surface area contributed by atoms with Gasteiger partial charge in [0.2, 0.25) is 0 Å². The zero-order valence-electron chi connectivity index (χ0n) is 9.83. The lowest BCUT2D eigenvalue weighted by Crippen LogP contribution is -2.11. The van der Waals surface area contributed by atoms with Crippen molar-refractivity contribution in [1.82, 2.24) is 4.98 Å². The third-order valence-corrected chi connectivity index (χ3v) is 3.52. The number of hydrogen-bond donors (Lipinski definition) is 1. The summed E-state index contributed by atoms with van der Waals surface area (Å²) in [6.45, 7) is 0.131. The van der Waals surface area contributed by atoms with E-state index in [1.54, 1.807) is 6.07 Å². The number of thiazole rings is 1. The second-order valence-corrected chi connectivity index (χ2v) is 5.53. The minimum atomic E-state index is -4.53. The normalized spacial score (nSPS) is 11.2. The molecule has 1 N–H and O–H groups in total. The quantitative estimate of drug-likeness (QED) is 0.918. The number of benzene rings is 1. The van der Waals surface area contributed by atoms with Gasteiger partial charge >= 0.3 is 6.18 Å². The molecule has 20 heavy (non-hydrogen) atoms. The Morgan fingerprint density at radius 3 is 2.70 bits per heavy atom. The van der Waals surface area contributed by atoms with Crippen LogP contribution in [-0.2, 0) is 12.7 Å². The lowest BCUT2D eigenvalue weighted by atomic mass is 10.1. The molecule has 0 fully saturated rings. The summed E-state index contributed by atoms with van der Waals surface area (Å²) in [5.41, 5.74) is -1.01. The molecule has 1 heterocycles. The lowest BCUT2D eigenvalue weighted by molar-refractivity contribution is -0.137. The maximum Gasteiger partial charge on any atom is 0.418 e. The second kappa shape index (κ2) is 5.69. The molecule has 0 aliphatic rings. The summed E-state index contributed by atoms with van der Waals surface area (Å²) in [5, 5.41) is 11.9. The molecule has 0 aliphatic heterocycles. The minimum Gasteiger partial charge on any atom is -0.378 e. The average molecular weight is 318 g/mol. The van der Waals surface area contributed by atoms with Crippen LogP contribution in [0.3, 0.4) is 0 Å². The van der Waals surface area contributed by atoms with Crippen LogP contribution < -0.4 is 5.32 Å². The zero-order chi connectivity index (χ0) is 14.8. The van der Waals surface area contributed by atoms with Gasteiger partial charge in [0, 0.05) is 5.69 Å². The molecule has 0 spiro atoms. The molecule has 104 valence electrons. The standard InChI is InChI=1S/C12H7ClF3N3S/c13-10-5-19-11(20-10)6-18-9-2-1-7(4-17)3-8(9)12(14,15)16/h1-3,5,18H,6H2. The van der Waals surface area contributed by atoms with Gasteiger partial charge in [-0.25, -0.2) is 4.98 Å². The highest BCUT2D eigenvalue weighted by Gasteiger charge is 2.33. The number of nitrogens with one attached hydrogen (secondary N) is 1. The summed E-state index contributed by atoms with van der Waals surface area (Å²) in [4.78, 5) is 3.95. The van der Waals surface area contributed by atoms with Crippen LogP contribution in [0.1, 0.15) is 16.1 Å². The average Bonchev–Trinajstić information content (AvgIpc) is 2.81. The van der Waals surface area contributed by atoms with Crippen LogP contribution in [0.4, 0.5) is 18.9 Å². The summed E-state index contributed by atoms with van der Waals surface area (Å²) in [7, 11) is 0. The molecule has 0 amide bonds. The molecular formula is C12H7ClF3N3S. The molecule has 1 aromatic carbocycles. The number of halogens is 4. The van der Waals surface area contributed by atoms with E-state index in [1.807, 2.05) is 0 Å². The third kappa shape index (κ3) is 3.40. The van der Waals surface area contributed by atoms with Crippen molar-refractivity contribution in [3.8, 4) is 6.07 Å². The van der Waals surface area contributed by atoms with E-state index < -0.39 is 11.7 Å². The van der Waals surface area contributed by atoms with E-state index in [9.17, 15) is 13.2 Å². The molecule has 0 saturated heterocycles. The first-order valence-corrected chi connectivity index (χ1v) is 6.55. The van der Waals surface area contributed by atoms with Crippen LogP contribution in [0.5, 0.6) is 0 Å². The van der Waals surface area contributed by atoms with Crippen molar-refractivity contribution < 1.29 is 13.2 Å². The van der Waals surface area contributed by atoms with Crippen molar-refractivity contribution in [2.75, 3.05) is 5.32 Å². The fraction of sp³-hybridized carbons (Fsp3) is 0.167. The summed E-state index contributed by atoms with van der Waals surface area (Å²) in [5.74, 6) is 0. The molecule has 2 aromatic rings. The van der Waals surface area contributed by atoms with Crippen LogP contribution in [0.2, 0.25) is 4.34 Å². The first kappa shape index (κ1) is 14.6. The SMILES string of the molecule is N#Cc1ccc(NCc2ncc(Cl)s2)c(C(F)(F)F)c1. The smallest absolute Gasteiger partial charge is 0.378 e. The first-order chi connectivity index (χ1) is 9.40. The molecule has 0 unspecified atom stereocenters. The molecular weight excluding hydrogens is 311 g/mol. The van der Waals surface area contributed by atoms with Gasteiger partial charge in [-0.3, -0.25) is 0 Å². The van der Waals surface area contributed by atoms with Crippen molar-refractivity contribution >= 4 is 28.6 Å². The van der Waals surface area contributed by atoms with Gasteiger partial charge < -0.3 is 5.32 Å². The van der Waals surface area contributed by atoms with Crippen molar-refractivity contribution in [2.24, 2.45) is 0 Å². The Kier molecular flexibility index (Phi) is 4.16. The third-order valence-electron chi connectivity index (χ3n) is 2.41. The van der Waals surface area contributed by atoms with Crippen LogP contribution in [0, 0.1) is 11.3 Å². The Morgan fingerprint density at radius 2 is 2.15 bits per heavy atom. The van der Waals surface area contributed by atoms with E-state index in [4.69, 9.17) is 16.9 Å². The number of alkyl halides is 3. The molecule has 0 atom stereocenters. The van der Waals surface area contributed by atoms with Gasteiger partial charge in [-0.1, -0.05) is 11.6 Å². The largest absolute Gasteiger partial charge is 0.418 e. The predicted octanol–water partition coefficient (Wildman–Crippen LogP) is 4.30. The molecule has 2 rings (SSSR count). The Labute approximate surface area is 121 Å². The van der Waals surface area contributed by atoms with Crippen molar-refractivity contribution in [3.05, 3.63) is 44.9 Å². The maximum absolute atomic E-state index is 12.9. The summed E-state index contributed by atoms with van der Waals surface area (Å²) >= 11 is 6.88. The monoisotopic (exact) mass is 317 g/mol. The molecule has 0 radical (unpaired) electrons. The van der Waals surface area contributed by atoms with E-state index in [-0.39, 0.29) is 17.8 Å². The van der Waals surface area contributed by atoms with Crippen LogP contribution in [0.25, 0.3) is 0 Å². The van der Waals surface area contributed by atoms with E-state index >= 15 is 0 Å². The van der Waals surface area contributed by atoms with Gasteiger partial charge in [0.1, 0.15) is 9.34 Å². The molecule has 0 saturated carbocycles. The zero-order valence-corrected chi connectivity index (χ0v) is 11.4. The van der Waals surface area contributed by atoms with Gasteiger partial charge in [0.25, 0.3) is 0 Å². The highest BCUT2D eigenvalue weighted by atomic mass is 35.5. The van der Waals surface area contributed by atoms with Crippen LogP contribution >= 0.6 is 22.9 Å². The van der Waals surface area contributed by atoms with Crippen molar-refractivity contribution in [3.63, 3.8) is 0 Å². The van der Waals surface area contributed by atoms with Crippen LogP contribution in [0.15, 0.2) is 24.4 Å². The molecule has 0 bridgehead atoms. The molecule has 8 heteroatoms. The minimum absolute atomic E-state index is 0.0415. The maximum atomic E-state index is 12.9. The van der Waals surface area contributed by atoms with Gasteiger partial charge in [-0.2, -0.15) is 18.4 Å². The van der Waals surface area contributed by atoms with Gasteiger partial charge in [0.15, 0.2) is 0 Å². The Hall–Kier alpha value is -1.78. The van der Waals surface area contributed by atoms with E-state index in [1.165, 1.54) is 29.7 Å². The second-order valence-electron chi connectivity index (χ2n) is 3.78. The van der Waals surface area contributed by atoms with Gasteiger partial charge in [-0.05, 0) is 18.2 Å². The summed E-state index contributed by atoms with van der Waals surface area (Å²) in [6, 6.07) is 5.06. The fourth-order valence-corrected chi connectivity index (χ4v) is 2.44. The van der Waals surface area contributed by atoms with Crippen molar-refractivity contribution in [2.45, 2.75) is 12.7 Å². The number of aromatic nitrogens is 1. The Bertz CT molecular complexity index is 661. The van der Waals surface area contributed by atoms with Crippen LogP contribution in [-0.4, -0.2) is 4.98 Å². The number of hydrogen-bond acceptors (Lipinski definition) is 4. The number of anilines is 1. The van der Waals surface area contributed by atoms with E-state index in [0.717, 1.165) is 6.07 Å².